The van der Waals surface area contributed by atoms with Crippen molar-refractivity contribution in [3.63, 3.8) is 0 Å². The molecule has 0 aliphatic carbocycles. The predicted molar refractivity (Wildman–Crippen MR) is 123 cm³/mol. The second kappa shape index (κ2) is 8.70. The summed E-state index contributed by atoms with van der Waals surface area (Å²) in [5.74, 6) is 0.220. The zero-order valence-corrected chi connectivity index (χ0v) is 18.7. The third-order valence-electron chi connectivity index (χ3n) is 6.35. The molecule has 1 aliphatic rings. The van der Waals surface area contributed by atoms with Crippen LogP contribution in [0.2, 0.25) is 0 Å². The van der Waals surface area contributed by atoms with E-state index in [1.807, 2.05) is 36.1 Å². The Bertz CT molecular complexity index is 1290. The molecule has 3 N–H and O–H groups in total. The van der Waals surface area contributed by atoms with E-state index in [1.54, 1.807) is 19.2 Å². The topological polar surface area (TPSA) is 112 Å². The number of nitrogens with two attached hydrogens (primary N) is 1. The first-order chi connectivity index (χ1) is 16.0. The minimum atomic E-state index is -0.370. The van der Waals surface area contributed by atoms with Gasteiger partial charge in [-0.1, -0.05) is 6.07 Å². The van der Waals surface area contributed by atoms with Crippen LogP contribution in [0.4, 0.5) is 10.2 Å². The molecule has 1 atom stereocenters. The summed E-state index contributed by atoms with van der Waals surface area (Å²) >= 11 is 0. The minimum absolute atomic E-state index is 0.262. The Hall–Kier alpha value is -3.66. The number of rotatable bonds is 4. The van der Waals surface area contributed by atoms with Gasteiger partial charge in [0.15, 0.2) is 11.6 Å². The lowest BCUT2D eigenvalue weighted by Crippen LogP contribution is -2.15. The SMILES string of the molecule is Cc1ccc(-n2nnnc2-c2cc(-c3cnn(C4CCCNCC4)c3)cnc2N)c(F)c1C. The Kier molecular flexibility index (Phi) is 5.59. The fourth-order valence-electron chi connectivity index (χ4n) is 4.21. The van der Waals surface area contributed by atoms with E-state index in [4.69, 9.17) is 5.73 Å². The number of hydrogen-bond acceptors (Lipinski definition) is 7. The number of nitrogen functional groups attached to an aromatic ring is 1. The van der Waals surface area contributed by atoms with Crippen LogP contribution in [0.15, 0.2) is 36.8 Å². The standard InChI is InChI=1S/C23H26FN9/c1-14-5-6-20(21(24)15(14)2)33-23(29-30-31-33)19-10-16(11-27-22(19)25)17-12-28-32(13-17)18-4-3-8-26-9-7-18/h5-6,10-13,18,26H,3-4,7-9H2,1-2H3,(H2,25,27). The number of aromatic nitrogens is 7. The molecular weight excluding hydrogens is 421 g/mol. The fourth-order valence-corrected chi connectivity index (χ4v) is 4.21. The number of benzene rings is 1. The zero-order chi connectivity index (χ0) is 22.9. The van der Waals surface area contributed by atoms with Gasteiger partial charge in [-0.15, -0.1) is 5.10 Å². The average molecular weight is 448 g/mol. The van der Waals surface area contributed by atoms with Gasteiger partial charge in [-0.2, -0.15) is 9.78 Å². The molecule has 1 unspecified atom stereocenters. The van der Waals surface area contributed by atoms with Crippen LogP contribution in [0, 0.1) is 19.7 Å². The van der Waals surface area contributed by atoms with Gasteiger partial charge in [0, 0.05) is 23.5 Å². The molecule has 3 aromatic heterocycles. The predicted octanol–water partition coefficient (Wildman–Crippen LogP) is 3.24. The van der Waals surface area contributed by atoms with Crippen LogP contribution in [0.5, 0.6) is 0 Å². The quantitative estimate of drug-likeness (QED) is 0.494. The molecule has 1 saturated heterocycles. The number of nitrogens with zero attached hydrogens (tertiary/aromatic N) is 7. The molecule has 0 radical (unpaired) electrons. The van der Waals surface area contributed by atoms with Crippen molar-refractivity contribution in [2.75, 3.05) is 18.8 Å². The average Bonchev–Trinajstić information content (AvgIpc) is 3.42. The van der Waals surface area contributed by atoms with E-state index < -0.39 is 0 Å². The lowest BCUT2D eigenvalue weighted by atomic mass is 10.1. The summed E-state index contributed by atoms with van der Waals surface area (Å²) in [6.07, 6.45) is 8.85. The van der Waals surface area contributed by atoms with E-state index in [2.05, 4.69) is 30.9 Å². The summed E-state index contributed by atoms with van der Waals surface area (Å²) in [4.78, 5) is 4.37. The summed E-state index contributed by atoms with van der Waals surface area (Å²) in [7, 11) is 0. The number of anilines is 1. The van der Waals surface area contributed by atoms with Crippen LogP contribution in [0.25, 0.3) is 28.2 Å². The van der Waals surface area contributed by atoms with Crippen molar-refractivity contribution in [1.29, 1.82) is 0 Å². The fraction of sp³-hybridized carbons (Fsp3) is 0.348. The number of nitrogens with one attached hydrogen (secondary N) is 1. The number of pyridine rings is 1. The third kappa shape index (κ3) is 3.97. The molecule has 10 heteroatoms. The minimum Gasteiger partial charge on any atom is -0.383 e. The summed E-state index contributed by atoms with van der Waals surface area (Å²) in [5.41, 5.74) is 10.2. The van der Waals surface area contributed by atoms with Crippen LogP contribution in [-0.4, -0.2) is 48.1 Å². The van der Waals surface area contributed by atoms with Gasteiger partial charge in [-0.25, -0.2) is 9.37 Å². The molecule has 170 valence electrons. The monoisotopic (exact) mass is 447 g/mol. The molecule has 0 saturated carbocycles. The van der Waals surface area contributed by atoms with Gasteiger partial charge in [0.1, 0.15) is 11.5 Å². The highest BCUT2D eigenvalue weighted by Gasteiger charge is 2.20. The highest BCUT2D eigenvalue weighted by Crippen LogP contribution is 2.31. The molecule has 33 heavy (non-hydrogen) atoms. The van der Waals surface area contributed by atoms with Crippen molar-refractivity contribution in [2.24, 2.45) is 0 Å². The van der Waals surface area contributed by atoms with E-state index in [9.17, 15) is 4.39 Å². The Morgan fingerprint density at radius 2 is 2.00 bits per heavy atom. The van der Waals surface area contributed by atoms with Crippen molar-refractivity contribution in [3.8, 4) is 28.2 Å². The molecule has 5 rings (SSSR count). The first-order valence-corrected chi connectivity index (χ1v) is 11.1. The molecule has 0 bridgehead atoms. The van der Waals surface area contributed by atoms with Crippen LogP contribution >= 0.6 is 0 Å². The van der Waals surface area contributed by atoms with E-state index in [1.165, 1.54) is 4.68 Å². The van der Waals surface area contributed by atoms with Crippen molar-refractivity contribution in [1.82, 2.24) is 40.3 Å². The lowest BCUT2D eigenvalue weighted by molar-refractivity contribution is 0.414. The van der Waals surface area contributed by atoms with E-state index in [0.29, 0.717) is 23.0 Å². The molecule has 0 spiro atoms. The molecule has 1 fully saturated rings. The van der Waals surface area contributed by atoms with Crippen LogP contribution < -0.4 is 11.1 Å². The molecule has 4 heterocycles. The van der Waals surface area contributed by atoms with Gasteiger partial charge in [0.05, 0.1) is 17.8 Å². The maximum atomic E-state index is 15.0. The number of tetrazole rings is 1. The summed E-state index contributed by atoms with van der Waals surface area (Å²) in [6, 6.07) is 5.75. The van der Waals surface area contributed by atoms with E-state index in [0.717, 1.165) is 49.0 Å². The van der Waals surface area contributed by atoms with Gasteiger partial charge in [0.25, 0.3) is 0 Å². The van der Waals surface area contributed by atoms with Crippen LogP contribution in [0.3, 0.4) is 0 Å². The summed E-state index contributed by atoms with van der Waals surface area (Å²) < 4.78 is 18.4. The second-order valence-corrected chi connectivity index (χ2v) is 8.46. The van der Waals surface area contributed by atoms with Crippen molar-refractivity contribution < 1.29 is 4.39 Å². The van der Waals surface area contributed by atoms with Crippen LogP contribution in [-0.2, 0) is 0 Å². The largest absolute Gasteiger partial charge is 0.383 e. The van der Waals surface area contributed by atoms with Crippen molar-refractivity contribution >= 4 is 5.82 Å². The molecule has 1 aromatic carbocycles. The van der Waals surface area contributed by atoms with Crippen molar-refractivity contribution in [3.05, 3.63) is 53.7 Å². The van der Waals surface area contributed by atoms with Gasteiger partial charge in [-0.3, -0.25) is 4.68 Å². The Morgan fingerprint density at radius 3 is 2.88 bits per heavy atom. The highest BCUT2D eigenvalue weighted by atomic mass is 19.1. The van der Waals surface area contributed by atoms with E-state index in [-0.39, 0.29) is 17.3 Å². The van der Waals surface area contributed by atoms with Crippen molar-refractivity contribution in [2.45, 2.75) is 39.2 Å². The first-order valence-electron chi connectivity index (χ1n) is 11.1. The molecule has 0 amide bonds. The number of hydrogen-bond donors (Lipinski definition) is 2. The smallest absolute Gasteiger partial charge is 0.190 e. The molecular formula is C23H26FN9. The molecule has 1 aliphatic heterocycles. The maximum Gasteiger partial charge on any atom is 0.190 e. The van der Waals surface area contributed by atoms with E-state index >= 15 is 0 Å². The van der Waals surface area contributed by atoms with Gasteiger partial charge in [-0.05, 0) is 79.9 Å². The van der Waals surface area contributed by atoms with Gasteiger partial charge < -0.3 is 11.1 Å². The number of halogens is 1. The zero-order valence-electron chi connectivity index (χ0n) is 18.7. The molecule has 9 nitrogen and oxygen atoms in total. The summed E-state index contributed by atoms with van der Waals surface area (Å²) in [6.45, 7) is 5.63. The third-order valence-corrected chi connectivity index (χ3v) is 6.35. The Balaban J connectivity index is 1.52. The first kappa shape index (κ1) is 21.2. The van der Waals surface area contributed by atoms with Crippen LogP contribution in [0.1, 0.15) is 36.4 Å². The lowest BCUT2D eigenvalue weighted by Gasteiger charge is -2.14. The highest BCUT2D eigenvalue weighted by molar-refractivity contribution is 5.76. The summed E-state index contributed by atoms with van der Waals surface area (Å²) in [5, 5.41) is 20.0. The maximum absolute atomic E-state index is 15.0. The Morgan fingerprint density at radius 1 is 1.12 bits per heavy atom. The number of aryl methyl sites for hydroxylation is 1. The van der Waals surface area contributed by atoms with Gasteiger partial charge in [0.2, 0.25) is 0 Å². The Labute approximate surface area is 190 Å². The molecule has 4 aromatic rings. The van der Waals surface area contributed by atoms with Gasteiger partial charge >= 0.3 is 0 Å². The normalized spacial score (nSPS) is 16.6. The second-order valence-electron chi connectivity index (χ2n) is 8.46.